The maximum atomic E-state index is 13.0. The third-order valence-electron chi connectivity index (χ3n) is 4.51. The molecule has 7 heteroatoms. The van der Waals surface area contributed by atoms with Crippen LogP contribution in [0, 0.1) is 0 Å². The van der Waals surface area contributed by atoms with Crippen molar-refractivity contribution >= 4 is 17.5 Å². The minimum atomic E-state index is -0.156. The van der Waals surface area contributed by atoms with Crippen LogP contribution < -0.4 is 5.32 Å². The summed E-state index contributed by atoms with van der Waals surface area (Å²) in [6, 6.07) is 7.48. The van der Waals surface area contributed by atoms with Gasteiger partial charge in [-0.25, -0.2) is 0 Å². The highest BCUT2D eigenvalue weighted by molar-refractivity contribution is 6.31. The van der Waals surface area contributed by atoms with Gasteiger partial charge in [0.1, 0.15) is 5.69 Å². The summed E-state index contributed by atoms with van der Waals surface area (Å²) in [5, 5.41) is 8.23. The van der Waals surface area contributed by atoms with E-state index in [-0.39, 0.29) is 18.1 Å². The normalized spacial score (nSPS) is 19.2. The van der Waals surface area contributed by atoms with Gasteiger partial charge in [-0.15, -0.1) is 0 Å². The van der Waals surface area contributed by atoms with Crippen LogP contribution >= 0.6 is 11.6 Å². The first kappa shape index (κ1) is 18.9. The molecule has 2 heterocycles. The Balaban J connectivity index is 1.87. The van der Waals surface area contributed by atoms with Crippen LogP contribution in [0.5, 0.6) is 0 Å². The lowest BCUT2D eigenvalue weighted by atomic mass is 9.99. The number of amides is 1. The van der Waals surface area contributed by atoms with Crippen LogP contribution in [-0.2, 0) is 29.0 Å². The van der Waals surface area contributed by atoms with Crippen molar-refractivity contribution in [3.05, 3.63) is 51.8 Å². The van der Waals surface area contributed by atoms with E-state index in [9.17, 15) is 4.79 Å². The second-order valence-electron chi connectivity index (χ2n) is 6.50. The number of methoxy groups -OCH3 is 1. The molecule has 6 nitrogen and oxygen atoms in total. The van der Waals surface area contributed by atoms with E-state index in [4.69, 9.17) is 21.1 Å². The minimum absolute atomic E-state index is 0.0488. The molecule has 0 bridgehead atoms. The number of hydrogen-bond donors (Lipinski definition) is 1. The number of aromatic nitrogens is 2. The molecule has 1 aliphatic rings. The van der Waals surface area contributed by atoms with Crippen LogP contribution in [0.2, 0.25) is 5.02 Å². The highest BCUT2D eigenvalue weighted by Crippen LogP contribution is 2.31. The van der Waals surface area contributed by atoms with Crippen molar-refractivity contribution < 1.29 is 14.3 Å². The zero-order valence-electron chi connectivity index (χ0n) is 15.3. The molecule has 0 saturated heterocycles. The first-order valence-corrected chi connectivity index (χ1v) is 9.14. The van der Waals surface area contributed by atoms with Gasteiger partial charge < -0.3 is 14.8 Å². The summed E-state index contributed by atoms with van der Waals surface area (Å²) in [7, 11) is 1.63. The van der Waals surface area contributed by atoms with Crippen molar-refractivity contribution in [1.29, 1.82) is 0 Å². The second-order valence-corrected chi connectivity index (χ2v) is 6.90. The number of benzene rings is 1. The smallest absolute Gasteiger partial charge is 0.270 e. The van der Waals surface area contributed by atoms with Gasteiger partial charge in [0.15, 0.2) is 0 Å². The van der Waals surface area contributed by atoms with Crippen LogP contribution in [0.1, 0.15) is 47.3 Å². The molecule has 1 aliphatic heterocycles. The summed E-state index contributed by atoms with van der Waals surface area (Å²) in [6.07, 6.45) is 0.585. The Morgan fingerprint density at radius 3 is 2.92 bits per heavy atom. The Hall–Kier alpha value is -1.89. The second kappa shape index (κ2) is 8.20. The molecule has 0 radical (unpaired) electrons. The zero-order chi connectivity index (χ0) is 18.7. The predicted octanol–water partition coefficient (Wildman–Crippen LogP) is 3.14. The van der Waals surface area contributed by atoms with E-state index < -0.39 is 0 Å². The molecule has 1 amide bonds. The molecule has 2 atom stereocenters. The lowest BCUT2D eigenvalue weighted by Gasteiger charge is -2.24. The van der Waals surface area contributed by atoms with Gasteiger partial charge in [-0.2, -0.15) is 5.10 Å². The van der Waals surface area contributed by atoms with Crippen molar-refractivity contribution in [2.45, 2.75) is 45.6 Å². The molecule has 3 rings (SSSR count). The van der Waals surface area contributed by atoms with E-state index in [1.54, 1.807) is 11.8 Å². The van der Waals surface area contributed by atoms with E-state index in [0.717, 1.165) is 16.8 Å². The fourth-order valence-electron chi connectivity index (χ4n) is 3.29. The first-order chi connectivity index (χ1) is 12.5. The van der Waals surface area contributed by atoms with E-state index >= 15 is 0 Å². The van der Waals surface area contributed by atoms with E-state index in [1.807, 2.05) is 38.1 Å². The summed E-state index contributed by atoms with van der Waals surface area (Å²) >= 11 is 6.18. The molecule has 0 spiro atoms. The molecule has 0 unspecified atom stereocenters. The van der Waals surface area contributed by atoms with E-state index in [0.29, 0.717) is 36.8 Å². The molecular weight excluding hydrogens is 354 g/mol. The van der Waals surface area contributed by atoms with Crippen LogP contribution in [0.15, 0.2) is 24.3 Å². The van der Waals surface area contributed by atoms with Crippen LogP contribution in [-0.4, -0.2) is 35.5 Å². The number of rotatable bonds is 6. The van der Waals surface area contributed by atoms with Gasteiger partial charge in [-0.1, -0.05) is 29.8 Å². The maximum absolute atomic E-state index is 13.0. The molecule has 2 aromatic rings. The van der Waals surface area contributed by atoms with Gasteiger partial charge in [0.25, 0.3) is 5.91 Å². The van der Waals surface area contributed by atoms with Crippen LogP contribution in [0.25, 0.3) is 0 Å². The van der Waals surface area contributed by atoms with Gasteiger partial charge in [0.2, 0.25) is 0 Å². The molecule has 0 fully saturated rings. The van der Waals surface area contributed by atoms with Crippen molar-refractivity contribution in [1.82, 2.24) is 15.1 Å². The fourth-order valence-corrected chi connectivity index (χ4v) is 3.49. The topological polar surface area (TPSA) is 65.4 Å². The number of carbonyl (C=O) groups excluding carboxylic acids is 1. The summed E-state index contributed by atoms with van der Waals surface area (Å²) < 4.78 is 12.7. The van der Waals surface area contributed by atoms with Gasteiger partial charge in [0, 0.05) is 30.7 Å². The number of hydrogen-bond acceptors (Lipinski definition) is 4. The number of halogens is 1. The monoisotopic (exact) mass is 377 g/mol. The molecule has 26 heavy (non-hydrogen) atoms. The fraction of sp³-hybridized carbons (Fsp3) is 0.474. The Kier molecular flexibility index (Phi) is 5.96. The van der Waals surface area contributed by atoms with Gasteiger partial charge in [-0.05, 0) is 25.5 Å². The van der Waals surface area contributed by atoms with Crippen molar-refractivity contribution in [3.8, 4) is 0 Å². The van der Waals surface area contributed by atoms with Crippen molar-refractivity contribution in [2.24, 2.45) is 0 Å². The number of fused-ring (bicyclic) bond motifs is 1. The summed E-state index contributed by atoms with van der Waals surface area (Å²) in [4.78, 5) is 13.0. The summed E-state index contributed by atoms with van der Waals surface area (Å²) in [6.45, 7) is 5.34. The first-order valence-electron chi connectivity index (χ1n) is 8.76. The maximum Gasteiger partial charge on any atom is 0.270 e. The average Bonchev–Trinajstić information content (AvgIpc) is 2.97. The number of ether oxygens (including phenoxy) is 2. The summed E-state index contributed by atoms with van der Waals surface area (Å²) in [5.41, 5.74) is 3.27. The SMILES string of the molecule is COCCn1nc2c(c1C(=O)NCc1ccccc1Cl)C[C@H](C)O[C@@H]2C. The van der Waals surface area contributed by atoms with Gasteiger partial charge in [-0.3, -0.25) is 9.48 Å². The summed E-state index contributed by atoms with van der Waals surface area (Å²) in [5.74, 6) is -0.156. The third kappa shape index (κ3) is 3.92. The Bertz CT molecular complexity index is 790. The van der Waals surface area contributed by atoms with Gasteiger partial charge in [0.05, 0.1) is 31.1 Å². The lowest BCUT2D eigenvalue weighted by Crippen LogP contribution is -2.29. The van der Waals surface area contributed by atoms with E-state index in [1.165, 1.54) is 0 Å². The Morgan fingerprint density at radius 2 is 2.19 bits per heavy atom. The number of carbonyl (C=O) groups is 1. The highest BCUT2D eigenvalue weighted by Gasteiger charge is 2.32. The zero-order valence-corrected chi connectivity index (χ0v) is 16.0. The molecule has 0 saturated carbocycles. The Labute approximate surface area is 158 Å². The molecule has 1 N–H and O–H groups in total. The molecular formula is C19H24ClN3O3. The predicted molar refractivity (Wildman–Crippen MR) is 99.4 cm³/mol. The Morgan fingerprint density at radius 1 is 1.42 bits per heavy atom. The average molecular weight is 378 g/mol. The van der Waals surface area contributed by atoms with Crippen LogP contribution in [0.3, 0.4) is 0 Å². The highest BCUT2D eigenvalue weighted by atomic mass is 35.5. The molecule has 140 valence electrons. The lowest BCUT2D eigenvalue weighted by molar-refractivity contribution is -0.00716. The minimum Gasteiger partial charge on any atom is -0.383 e. The quantitative estimate of drug-likeness (QED) is 0.839. The van der Waals surface area contributed by atoms with E-state index in [2.05, 4.69) is 10.4 Å². The largest absolute Gasteiger partial charge is 0.383 e. The van der Waals surface area contributed by atoms with Crippen LogP contribution in [0.4, 0.5) is 0 Å². The van der Waals surface area contributed by atoms with Crippen molar-refractivity contribution in [3.63, 3.8) is 0 Å². The third-order valence-corrected chi connectivity index (χ3v) is 4.88. The van der Waals surface area contributed by atoms with Crippen molar-refractivity contribution in [2.75, 3.05) is 13.7 Å². The standard InChI is InChI=1S/C19H24ClN3O3/c1-12-10-15-17(13(2)26-12)22-23(8-9-25-3)18(15)19(24)21-11-14-6-4-5-7-16(14)20/h4-7,12-13H,8-11H2,1-3H3,(H,21,24)/t12-,13+/m0/s1. The molecule has 0 aliphatic carbocycles. The molecule has 1 aromatic carbocycles. The van der Waals surface area contributed by atoms with Gasteiger partial charge >= 0.3 is 0 Å². The number of nitrogens with zero attached hydrogens (tertiary/aromatic N) is 2. The molecule has 1 aromatic heterocycles. The number of nitrogens with one attached hydrogen (secondary N) is 1.